The van der Waals surface area contributed by atoms with Crippen LogP contribution in [0.2, 0.25) is 0 Å². The lowest BCUT2D eigenvalue weighted by molar-refractivity contribution is -0.139. The molecule has 0 aromatic heterocycles. The van der Waals surface area contributed by atoms with Crippen LogP contribution >= 0.6 is 0 Å². The number of carboxylic acids is 1. The molecule has 0 saturated carbocycles. The number of aliphatic hydroxyl groups excluding tert-OH is 1. The average Bonchev–Trinajstić information content (AvgIpc) is 2.12. The quantitative estimate of drug-likeness (QED) is 0.496. The molecule has 1 unspecified atom stereocenters. The maximum atomic E-state index is 11.5. The molecule has 4 N–H and O–H groups in total. The Labute approximate surface area is 101 Å². The van der Waals surface area contributed by atoms with Gasteiger partial charge in [-0.05, 0) is 12.3 Å². The molecule has 0 bridgehead atoms. The molecule has 0 aromatic carbocycles. The van der Waals surface area contributed by atoms with Gasteiger partial charge >= 0.3 is 5.97 Å². The lowest BCUT2D eigenvalue weighted by atomic mass is 9.85. The first-order valence-corrected chi connectivity index (χ1v) is 5.40. The maximum absolute atomic E-state index is 11.5. The van der Waals surface area contributed by atoms with E-state index in [0.29, 0.717) is 0 Å². The molecule has 6 heteroatoms. The van der Waals surface area contributed by atoms with Crippen LogP contribution in [0.1, 0.15) is 33.6 Å². The van der Waals surface area contributed by atoms with Gasteiger partial charge in [0.2, 0.25) is 5.91 Å². The lowest BCUT2D eigenvalue weighted by Gasteiger charge is -2.24. The van der Waals surface area contributed by atoms with Crippen LogP contribution in [0.25, 0.3) is 0 Å². The molecule has 1 amide bonds. The van der Waals surface area contributed by atoms with Crippen LogP contribution in [0.3, 0.4) is 0 Å². The van der Waals surface area contributed by atoms with Crippen LogP contribution in [0, 0.1) is 5.41 Å². The fourth-order valence-electron chi connectivity index (χ4n) is 1.31. The van der Waals surface area contributed by atoms with E-state index in [1.807, 2.05) is 0 Å². The number of carboxylic acid groups (broad SMARTS) is 1. The van der Waals surface area contributed by atoms with Crippen LogP contribution < -0.4 is 5.32 Å². The van der Waals surface area contributed by atoms with Crippen LogP contribution in [-0.2, 0) is 9.59 Å². The first kappa shape index (κ1) is 15.9. The molecule has 0 aliphatic rings. The Kier molecular flexibility index (Phi) is 5.57. The number of hydrogen-bond acceptors (Lipinski definition) is 4. The summed E-state index contributed by atoms with van der Waals surface area (Å²) in [4.78, 5) is 22.1. The number of carbonyl (C=O) groups is 2. The van der Waals surface area contributed by atoms with E-state index in [-0.39, 0.29) is 25.3 Å². The van der Waals surface area contributed by atoms with Crippen molar-refractivity contribution in [2.45, 2.75) is 39.2 Å². The number of carbonyl (C=O) groups excluding carboxylic acids is 1. The normalized spacial score (nSPS) is 15.1. The zero-order valence-electron chi connectivity index (χ0n) is 10.5. The first-order chi connectivity index (χ1) is 7.58. The molecule has 0 rings (SSSR count). The summed E-state index contributed by atoms with van der Waals surface area (Å²) in [6, 6.07) is 0. The third-order valence-electron chi connectivity index (χ3n) is 2.28. The van der Waals surface area contributed by atoms with Gasteiger partial charge in [0, 0.05) is 13.0 Å². The minimum absolute atomic E-state index is 0.0564. The predicted octanol–water partition coefficient (Wildman–Crippen LogP) is -0.263. The molecule has 0 aromatic rings. The number of rotatable bonds is 7. The fraction of sp³-hybridized carbons (Fsp3) is 0.818. The molecule has 17 heavy (non-hydrogen) atoms. The highest BCUT2D eigenvalue weighted by Gasteiger charge is 2.26. The molecule has 0 aliphatic heterocycles. The van der Waals surface area contributed by atoms with Gasteiger partial charge in [-0.1, -0.05) is 13.8 Å². The van der Waals surface area contributed by atoms with E-state index in [0.717, 1.165) is 0 Å². The van der Waals surface area contributed by atoms with E-state index >= 15 is 0 Å². The molecule has 0 heterocycles. The molecule has 0 saturated heterocycles. The number of aliphatic carboxylic acids is 1. The van der Waals surface area contributed by atoms with Crippen molar-refractivity contribution < 1.29 is 24.9 Å². The summed E-state index contributed by atoms with van der Waals surface area (Å²) in [7, 11) is 0. The summed E-state index contributed by atoms with van der Waals surface area (Å²) >= 11 is 0. The van der Waals surface area contributed by atoms with E-state index in [1.165, 1.54) is 6.92 Å². The van der Waals surface area contributed by atoms with E-state index in [1.54, 1.807) is 13.8 Å². The van der Waals surface area contributed by atoms with Gasteiger partial charge in [-0.25, -0.2) is 0 Å². The van der Waals surface area contributed by atoms with Crippen LogP contribution in [-0.4, -0.2) is 45.9 Å². The molecule has 1 atom stereocenters. The molecule has 0 fully saturated rings. The topological polar surface area (TPSA) is 107 Å². The number of nitrogens with one attached hydrogen (secondary N) is 1. The van der Waals surface area contributed by atoms with Gasteiger partial charge in [-0.2, -0.15) is 0 Å². The Morgan fingerprint density at radius 2 is 1.71 bits per heavy atom. The number of amides is 1. The van der Waals surface area contributed by atoms with Crippen molar-refractivity contribution in [2.24, 2.45) is 5.41 Å². The highest BCUT2D eigenvalue weighted by Crippen LogP contribution is 2.24. The zero-order valence-corrected chi connectivity index (χ0v) is 10.5. The van der Waals surface area contributed by atoms with E-state index in [4.69, 9.17) is 10.2 Å². The van der Waals surface area contributed by atoms with Crippen molar-refractivity contribution >= 4 is 11.9 Å². The fourth-order valence-corrected chi connectivity index (χ4v) is 1.31. The monoisotopic (exact) mass is 247 g/mol. The smallest absolute Gasteiger partial charge is 0.303 e. The Morgan fingerprint density at radius 1 is 1.18 bits per heavy atom. The van der Waals surface area contributed by atoms with Crippen molar-refractivity contribution in [1.82, 2.24) is 5.32 Å². The van der Waals surface area contributed by atoms with Gasteiger partial charge in [-0.15, -0.1) is 0 Å². The summed E-state index contributed by atoms with van der Waals surface area (Å²) < 4.78 is 0. The predicted molar refractivity (Wildman–Crippen MR) is 61.4 cm³/mol. The maximum Gasteiger partial charge on any atom is 0.303 e. The van der Waals surface area contributed by atoms with Crippen LogP contribution in [0.15, 0.2) is 0 Å². The molecule has 0 spiro atoms. The van der Waals surface area contributed by atoms with Gasteiger partial charge in [-0.3, -0.25) is 9.59 Å². The second-order valence-corrected chi connectivity index (χ2v) is 5.34. The second-order valence-electron chi connectivity index (χ2n) is 5.34. The molecule has 6 nitrogen and oxygen atoms in total. The van der Waals surface area contributed by atoms with Crippen molar-refractivity contribution in [3.8, 4) is 0 Å². The van der Waals surface area contributed by atoms with Crippen LogP contribution in [0.4, 0.5) is 0 Å². The molecular formula is C11H21NO5. The highest BCUT2D eigenvalue weighted by atomic mass is 16.4. The summed E-state index contributed by atoms with van der Waals surface area (Å²) in [6.07, 6.45) is -0.0440. The van der Waals surface area contributed by atoms with Crippen molar-refractivity contribution in [3.05, 3.63) is 0 Å². The molecule has 100 valence electrons. The third kappa shape index (κ3) is 7.70. The summed E-state index contributed by atoms with van der Waals surface area (Å²) in [5.74, 6) is -1.30. The van der Waals surface area contributed by atoms with Gasteiger partial charge in [0.25, 0.3) is 0 Å². The van der Waals surface area contributed by atoms with E-state index in [9.17, 15) is 14.7 Å². The lowest BCUT2D eigenvalue weighted by Crippen LogP contribution is -2.44. The van der Waals surface area contributed by atoms with Crippen LogP contribution in [0.5, 0.6) is 0 Å². The molecule has 0 aliphatic carbocycles. The van der Waals surface area contributed by atoms with E-state index in [2.05, 4.69) is 5.32 Å². The third-order valence-corrected chi connectivity index (χ3v) is 2.28. The van der Waals surface area contributed by atoms with Crippen molar-refractivity contribution in [1.29, 1.82) is 0 Å². The average molecular weight is 247 g/mol. The largest absolute Gasteiger partial charge is 0.481 e. The van der Waals surface area contributed by atoms with Crippen molar-refractivity contribution in [2.75, 3.05) is 13.2 Å². The Hall–Kier alpha value is -1.14. The van der Waals surface area contributed by atoms with E-state index < -0.39 is 23.6 Å². The van der Waals surface area contributed by atoms with Gasteiger partial charge < -0.3 is 20.6 Å². The highest BCUT2D eigenvalue weighted by molar-refractivity contribution is 5.77. The summed E-state index contributed by atoms with van der Waals surface area (Å²) in [6.45, 7) is 4.25. The molecule has 0 radical (unpaired) electrons. The van der Waals surface area contributed by atoms with Crippen molar-refractivity contribution in [3.63, 3.8) is 0 Å². The molecular weight excluding hydrogens is 226 g/mol. The number of hydrogen-bond donors (Lipinski definition) is 4. The number of aliphatic hydroxyl groups is 2. The Bertz CT molecular complexity index is 286. The van der Waals surface area contributed by atoms with Gasteiger partial charge in [0.1, 0.15) is 5.60 Å². The Balaban J connectivity index is 4.14. The standard InChI is InChI=1S/C11H21NO5/c1-10(2,5-9(15)16)4-8(14)12-6-11(3,17)7-13/h13,17H,4-7H2,1-3H3,(H,12,14)(H,15,16). The minimum atomic E-state index is -1.35. The first-order valence-electron chi connectivity index (χ1n) is 5.40. The SMILES string of the molecule is CC(C)(CC(=O)O)CC(=O)NCC(C)(O)CO. The Morgan fingerprint density at radius 3 is 2.12 bits per heavy atom. The zero-order chi connectivity index (χ0) is 13.7. The summed E-state index contributed by atoms with van der Waals surface area (Å²) in [5.41, 5.74) is -1.99. The van der Waals surface area contributed by atoms with Gasteiger partial charge in [0.05, 0.1) is 13.0 Å². The minimum Gasteiger partial charge on any atom is -0.481 e. The second kappa shape index (κ2) is 5.97. The summed E-state index contributed by atoms with van der Waals surface area (Å²) in [5, 5.41) is 29.4. The van der Waals surface area contributed by atoms with Gasteiger partial charge in [0.15, 0.2) is 0 Å².